The molecule has 23 rings (SSSR count). The molecule has 17 aromatic carbocycles. The Kier molecular flexibility index (Phi) is 14.5. The van der Waals surface area contributed by atoms with Gasteiger partial charge in [-0.05, 0) is 148 Å². The number of benzene rings is 17. The first kappa shape index (κ1) is 63.8. The summed E-state index contributed by atoms with van der Waals surface area (Å²) in [4.78, 5) is 5.21. The molecule has 0 amide bonds. The SMILES string of the molecule is Cc1cc2c3c(c1)N(c1c(-c4ccccc4)cccc1-c1ccccc1)c1cc4c5c(c1B3c1ccc(-c3ccccc3)cc1N2c1c(-c2ccccc2)cccc1-c1ccccc1)Oc1cc(-c2ccccc2)ccc1B5c1c(cc2c3c1Oc1ccc(-c5ccccc5)cc1B3c1cc(-c3ccccc3)ccc1O2)O4. The van der Waals surface area contributed by atoms with Gasteiger partial charge < -0.3 is 28.7 Å². The van der Waals surface area contributed by atoms with E-state index in [1.54, 1.807) is 0 Å². The lowest BCUT2D eigenvalue weighted by Crippen LogP contribution is -2.66. The Hall–Kier alpha value is -14.3. The van der Waals surface area contributed by atoms with Gasteiger partial charge in [-0.15, -0.1) is 0 Å². The number of aryl methyl sites for hydroxylation is 1. The topological polar surface area (TPSA) is 43.4 Å². The van der Waals surface area contributed by atoms with Gasteiger partial charge in [-0.2, -0.15) is 0 Å². The van der Waals surface area contributed by atoms with Crippen molar-refractivity contribution in [1.82, 2.24) is 0 Å². The van der Waals surface area contributed by atoms with E-state index >= 15 is 0 Å². The molecular formula is C103H65B3N2O4. The summed E-state index contributed by atoms with van der Waals surface area (Å²) in [6.07, 6.45) is 0. The minimum Gasteiger partial charge on any atom is -0.459 e. The second-order valence-corrected chi connectivity index (χ2v) is 30.0. The van der Waals surface area contributed by atoms with Crippen LogP contribution in [0.3, 0.4) is 0 Å². The number of hydrogen-bond donors (Lipinski definition) is 0. The third-order valence-corrected chi connectivity index (χ3v) is 23.7. The van der Waals surface area contributed by atoms with Crippen LogP contribution in [0.5, 0.6) is 46.0 Å². The molecule has 0 aromatic heterocycles. The first-order valence-electron chi connectivity index (χ1n) is 38.6. The Morgan fingerprint density at radius 1 is 0.196 bits per heavy atom. The molecule has 0 atom stereocenters. The molecule has 0 N–H and O–H groups in total. The average molecular weight is 1430 g/mol. The van der Waals surface area contributed by atoms with Gasteiger partial charge in [-0.25, -0.2) is 0 Å². The fourth-order valence-corrected chi connectivity index (χ4v) is 18.9. The summed E-state index contributed by atoms with van der Waals surface area (Å²) in [5.74, 6) is 5.81. The maximum Gasteiger partial charge on any atom is 0.265 e. The molecule has 0 radical (unpaired) electrons. The molecule has 0 bridgehead atoms. The van der Waals surface area contributed by atoms with Gasteiger partial charge in [0.1, 0.15) is 46.0 Å². The van der Waals surface area contributed by atoms with Gasteiger partial charge in [0, 0.05) is 73.5 Å². The van der Waals surface area contributed by atoms with Crippen LogP contribution in [-0.4, -0.2) is 20.1 Å². The number of hydrogen-bond acceptors (Lipinski definition) is 6. The maximum absolute atomic E-state index is 8.27. The highest BCUT2D eigenvalue weighted by atomic mass is 16.5. The quantitative estimate of drug-likeness (QED) is 0.127. The van der Waals surface area contributed by atoms with Crippen molar-refractivity contribution in [1.29, 1.82) is 0 Å². The van der Waals surface area contributed by atoms with Crippen molar-refractivity contribution in [2.75, 3.05) is 9.80 Å². The van der Waals surface area contributed by atoms with E-state index in [1.807, 2.05) is 0 Å². The molecule has 0 unspecified atom stereocenters. The van der Waals surface area contributed by atoms with E-state index in [2.05, 4.69) is 393 Å². The average Bonchev–Trinajstić information content (AvgIpc) is 0.673. The molecule has 0 saturated heterocycles. The zero-order chi connectivity index (χ0) is 73.6. The Balaban J connectivity index is 0.847. The minimum absolute atomic E-state index is 0.299. The molecule has 112 heavy (non-hydrogen) atoms. The number of para-hydroxylation sites is 2. The summed E-state index contributed by atoms with van der Waals surface area (Å²) in [7, 11) is 0. The van der Waals surface area contributed by atoms with E-state index < -0.39 is 13.4 Å². The van der Waals surface area contributed by atoms with Gasteiger partial charge in [-0.1, -0.05) is 328 Å². The van der Waals surface area contributed by atoms with Crippen LogP contribution in [0.25, 0.3) is 89.0 Å². The van der Waals surface area contributed by atoms with Crippen molar-refractivity contribution in [3.05, 3.63) is 382 Å². The van der Waals surface area contributed by atoms with Crippen LogP contribution >= 0.6 is 0 Å². The number of nitrogens with zero attached hydrogens (tertiary/aromatic N) is 2. The van der Waals surface area contributed by atoms with Gasteiger partial charge in [0.15, 0.2) is 0 Å². The summed E-state index contributed by atoms with van der Waals surface area (Å²) in [6, 6.07) is 137. The molecule has 6 aliphatic rings. The van der Waals surface area contributed by atoms with Crippen LogP contribution in [0.2, 0.25) is 0 Å². The highest BCUT2D eigenvalue weighted by molar-refractivity contribution is 7.04. The number of anilines is 6. The third-order valence-electron chi connectivity index (χ3n) is 23.7. The Morgan fingerprint density at radius 3 is 0.982 bits per heavy atom. The van der Waals surface area contributed by atoms with E-state index in [-0.39, 0.29) is 6.71 Å². The molecule has 9 heteroatoms. The van der Waals surface area contributed by atoms with E-state index in [1.165, 1.54) is 0 Å². The van der Waals surface area contributed by atoms with Gasteiger partial charge in [0.25, 0.3) is 20.1 Å². The predicted octanol–water partition coefficient (Wildman–Crippen LogP) is 20.9. The minimum atomic E-state index is -0.495. The van der Waals surface area contributed by atoms with Crippen LogP contribution in [0.4, 0.5) is 34.1 Å². The van der Waals surface area contributed by atoms with Crippen molar-refractivity contribution >= 4 is 103 Å². The van der Waals surface area contributed by atoms with Gasteiger partial charge in [0.2, 0.25) is 0 Å². The Bertz CT molecular complexity index is 6540. The lowest BCUT2D eigenvalue weighted by molar-refractivity contribution is 0.443. The second-order valence-electron chi connectivity index (χ2n) is 30.0. The molecule has 0 spiro atoms. The Labute approximate surface area is 651 Å². The zero-order valence-electron chi connectivity index (χ0n) is 61.1. The van der Waals surface area contributed by atoms with Crippen LogP contribution < -0.4 is 77.9 Å². The van der Waals surface area contributed by atoms with Crippen LogP contribution in [0, 0.1) is 6.92 Å². The first-order valence-corrected chi connectivity index (χ1v) is 38.6. The summed E-state index contributed by atoms with van der Waals surface area (Å²) < 4.78 is 31.4. The molecule has 0 saturated carbocycles. The first-order chi connectivity index (χ1) is 55.5. The lowest BCUT2D eigenvalue weighted by Gasteiger charge is -2.47. The third kappa shape index (κ3) is 9.96. The van der Waals surface area contributed by atoms with E-state index in [0.717, 1.165) is 207 Å². The molecule has 520 valence electrons. The van der Waals surface area contributed by atoms with E-state index in [4.69, 9.17) is 18.9 Å². The van der Waals surface area contributed by atoms with Crippen molar-refractivity contribution in [2.45, 2.75) is 6.92 Å². The molecule has 6 heterocycles. The normalized spacial score (nSPS) is 13.1. The van der Waals surface area contributed by atoms with Gasteiger partial charge >= 0.3 is 0 Å². The second kappa shape index (κ2) is 25.4. The Morgan fingerprint density at radius 2 is 0.527 bits per heavy atom. The van der Waals surface area contributed by atoms with Gasteiger partial charge in [-0.3, -0.25) is 0 Å². The predicted molar refractivity (Wildman–Crippen MR) is 464 cm³/mol. The van der Waals surface area contributed by atoms with Crippen molar-refractivity contribution in [3.63, 3.8) is 0 Å². The summed E-state index contributed by atoms with van der Waals surface area (Å²) >= 11 is 0. The highest BCUT2D eigenvalue weighted by Gasteiger charge is 2.54. The number of rotatable bonds is 10. The fraction of sp³-hybridized carbons (Fsp3) is 0.00971. The van der Waals surface area contributed by atoms with E-state index in [0.29, 0.717) is 17.2 Å². The summed E-state index contributed by atoms with van der Waals surface area (Å²) in [6.45, 7) is 1.03. The number of ether oxygens (including phenoxy) is 4. The zero-order valence-corrected chi connectivity index (χ0v) is 61.1. The lowest BCUT2D eigenvalue weighted by atomic mass is 9.29. The monoisotopic (exact) mass is 1430 g/mol. The van der Waals surface area contributed by atoms with Crippen molar-refractivity contribution < 1.29 is 18.9 Å². The van der Waals surface area contributed by atoms with Crippen LogP contribution in [-0.2, 0) is 0 Å². The smallest absolute Gasteiger partial charge is 0.265 e. The van der Waals surface area contributed by atoms with Gasteiger partial charge in [0.05, 0.1) is 11.4 Å². The molecule has 6 nitrogen and oxygen atoms in total. The molecule has 17 aromatic rings. The standard InChI is InChI=1S/C103H65B3N2O4/c1-64-56-86-95-87(57-64)108(101-79(71-40-22-8-23-41-71)46-27-47-80(101)72-42-24-9-25-43-72)88-62-92-98-102(96(88)105(95)81-52-48-75(67-32-14-4-15-33-67)60-85(81)107(86)100-77(69-36-18-6-19-37-69)44-26-45-78(100)70-38-20-7-21-39-70)112-91-61-76(68-34-16-5-17-35-68)49-53-82(91)106(98)99-94(110-92)63-93-97-103(99)111-90-55-51-74(66-30-12-3-13-31-66)59-84(90)104(97)83-58-73(50-54-89(83)109-93)65-28-10-2-11-29-65/h2-63H,1H3. The summed E-state index contributed by atoms with van der Waals surface area (Å²) in [5.41, 5.74) is 34.1. The molecule has 0 aliphatic carbocycles. The molecular weight excluding hydrogens is 1360 g/mol. The largest absolute Gasteiger partial charge is 0.459 e. The van der Waals surface area contributed by atoms with Crippen molar-refractivity contribution in [3.8, 4) is 135 Å². The highest BCUT2D eigenvalue weighted by Crippen LogP contribution is 2.56. The van der Waals surface area contributed by atoms with E-state index in [9.17, 15) is 0 Å². The van der Waals surface area contributed by atoms with Crippen LogP contribution in [0.15, 0.2) is 376 Å². The fourth-order valence-electron chi connectivity index (χ4n) is 18.9. The number of fused-ring (bicyclic) bond motifs is 14. The molecule has 6 aliphatic heterocycles. The van der Waals surface area contributed by atoms with Crippen LogP contribution in [0.1, 0.15) is 5.56 Å². The van der Waals surface area contributed by atoms with Crippen molar-refractivity contribution in [2.24, 2.45) is 0 Å². The molecule has 0 fully saturated rings. The summed E-state index contributed by atoms with van der Waals surface area (Å²) in [5, 5.41) is 0. The maximum atomic E-state index is 8.27.